The molecule has 174 valence electrons. The second-order valence-electron chi connectivity index (χ2n) is 8.26. The number of pyridine rings is 1. The Hall–Kier alpha value is -3.43. The van der Waals surface area contributed by atoms with E-state index in [4.69, 9.17) is 0 Å². The van der Waals surface area contributed by atoms with E-state index >= 15 is 0 Å². The molecular weight excluding hydrogens is 435 g/mol. The standard InChI is InChI=1S/C23H24F3N5O2/c1-13(15-4-3-5-16(19(15)24)20(25)26)29-21-18-10-17(14-6-8-31(12-32)9-7-14)23(33)30(2)22(18)28-11-27-21/h3-5,10-14,20H,6-9H2,1-2H3,(H,27,28,29)/t13-/m1/s1. The molecule has 4 rings (SSSR count). The Bertz CT molecular complexity index is 1240. The van der Waals surface area contributed by atoms with Crippen LogP contribution in [0, 0.1) is 5.82 Å². The summed E-state index contributed by atoms with van der Waals surface area (Å²) in [5.41, 5.74) is 0.277. The SMILES string of the molecule is C[C@@H](Nc1ncnc2c1cc(C1CCN(C=O)CC1)c(=O)n2C)c1cccc(C(F)F)c1F. The molecule has 0 bridgehead atoms. The molecule has 1 amide bonds. The predicted molar refractivity (Wildman–Crippen MR) is 118 cm³/mol. The number of hydrogen-bond acceptors (Lipinski definition) is 5. The van der Waals surface area contributed by atoms with Crippen LogP contribution in [0.4, 0.5) is 19.0 Å². The van der Waals surface area contributed by atoms with Gasteiger partial charge in [0.05, 0.1) is 17.0 Å². The summed E-state index contributed by atoms with van der Waals surface area (Å²) in [7, 11) is 1.63. The van der Waals surface area contributed by atoms with Crippen LogP contribution < -0.4 is 10.9 Å². The normalized spacial score (nSPS) is 15.8. The Labute approximate surface area is 188 Å². The quantitative estimate of drug-likeness (QED) is 0.566. The van der Waals surface area contributed by atoms with E-state index in [-0.39, 0.29) is 17.0 Å². The maximum Gasteiger partial charge on any atom is 0.266 e. The number of nitrogens with one attached hydrogen (secondary N) is 1. The van der Waals surface area contributed by atoms with Crippen molar-refractivity contribution in [1.82, 2.24) is 19.4 Å². The minimum absolute atomic E-state index is 0.0186. The van der Waals surface area contributed by atoms with Gasteiger partial charge < -0.3 is 10.2 Å². The molecule has 1 atom stereocenters. The van der Waals surface area contributed by atoms with Gasteiger partial charge in [0.15, 0.2) is 0 Å². The number of benzene rings is 1. The second-order valence-corrected chi connectivity index (χ2v) is 8.26. The zero-order chi connectivity index (χ0) is 23.7. The molecule has 1 aliphatic rings. The molecular formula is C23H24F3N5O2. The topological polar surface area (TPSA) is 80.1 Å². The fourth-order valence-electron chi connectivity index (χ4n) is 4.37. The summed E-state index contributed by atoms with van der Waals surface area (Å²) in [4.78, 5) is 34.2. The summed E-state index contributed by atoms with van der Waals surface area (Å²) in [6.07, 6.45) is 0.523. The number of amides is 1. The van der Waals surface area contributed by atoms with Crippen molar-refractivity contribution in [2.24, 2.45) is 7.05 Å². The lowest BCUT2D eigenvalue weighted by Gasteiger charge is -2.29. The molecule has 10 heteroatoms. The van der Waals surface area contributed by atoms with E-state index in [2.05, 4.69) is 15.3 Å². The first kappa shape index (κ1) is 22.8. The summed E-state index contributed by atoms with van der Waals surface area (Å²) in [5.74, 6) is -0.604. The number of anilines is 1. The number of alkyl halides is 2. The summed E-state index contributed by atoms with van der Waals surface area (Å²) in [5, 5.41) is 3.67. The van der Waals surface area contributed by atoms with Crippen molar-refractivity contribution in [2.75, 3.05) is 18.4 Å². The summed E-state index contributed by atoms with van der Waals surface area (Å²) < 4.78 is 42.3. The van der Waals surface area contributed by atoms with E-state index in [1.807, 2.05) is 0 Å². The van der Waals surface area contributed by atoms with Crippen molar-refractivity contribution >= 4 is 23.3 Å². The van der Waals surface area contributed by atoms with Gasteiger partial charge in [-0.1, -0.05) is 18.2 Å². The van der Waals surface area contributed by atoms with Crippen LogP contribution in [-0.2, 0) is 11.8 Å². The van der Waals surface area contributed by atoms with E-state index < -0.39 is 23.8 Å². The van der Waals surface area contributed by atoms with Crippen LogP contribution >= 0.6 is 0 Å². The van der Waals surface area contributed by atoms with Crippen LogP contribution in [0.3, 0.4) is 0 Å². The van der Waals surface area contributed by atoms with Crippen molar-refractivity contribution < 1.29 is 18.0 Å². The minimum atomic E-state index is -2.92. The number of piperidine rings is 1. The first-order chi connectivity index (χ1) is 15.8. The zero-order valence-corrected chi connectivity index (χ0v) is 18.3. The fourth-order valence-corrected chi connectivity index (χ4v) is 4.37. The highest BCUT2D eigenvalue weighted by Gasteiger charge is 2.25. The van der Waals surface area contributed by atoms with Gasteiger partial charge in [0.25, 0.3) is 12.0 Å². The van der Waals surface area contributed by atoms with Crippen LogP contribution in [0.15, 0.2) is 35.4 Å². The highest BCUT2D eigenvalue weighted by atomic mass is 19.3. The maximum atomic E-state index is 14.6. The van der Waals surface area contributed by atoms with Crippen molar-refractivity contribution in [2.45, 2.75) is 38.2 Å². The molecule has 0 aliphatic carbocycles. The molecule has 0 saturated carbocycles. The number of nitrogens with zero attached hydrogens (tertiary/aromatic N) is 4. The molecule has 3 aromatic rings. The number of carbonyl (C=O) groups is 1. The number of likely N-dealkylation sites (tertiary alicyclic amines) is 1. The van der Waals surface area contributed by atoms with E-state index in [0.717, 1.165) is 12.5 Å². The Morgan fingerprint density at radius 2 is 1.88 bits per heavy atom. The Kier molecular flexibility index (Phi) is 6.35. The zero-order valence-electron chi connectivity index (χ0n) is 18.3. The monoisotopic (exact) mass is 459 g/mol. The summed E-state index contributed by atoms with van der Waals surface area (Å²) in [6.45, 7) is 2.80. The number of hydrogen-bond donors (Lipinski definition) is 1. The van der Waals surface area contributed by atoms with Gasteiger partial charge in [0.1, 0.15) is 23.6 Å². The largest absolute Gasteiger partial charge is 0.363 e. The number of carbonyl (C=O) groups excluding carboxylic acids is 1. The molecule has 1 N–H and O–H groups in total. The first-order valence-electron chi connectivity index (χ1n) is 10.7. The van der Waals surface area contributed by atoms with Crippen LogP contribution in [-0.4, -0.2) is 38.9 Å². The summed E-state index contributed by atoms with van der Waals surface area (Å²) in [6, 6.07) is 4.99. The van der Waals surface area contributed by atoms with Gasteiger partial charge in [0, 0.05) is 31.3 Å². The minimum Gasteiger partial charge on any atom is -0.363 e. The van der Waals surface area contributed by atoms with Crippen molar-refractivity contribution in [3.8, 4) is 0 Å². The van der Waals surface area contributed by atoms with Gasteiger partial charge in [0.2, 0.25) is 6.41 Å². The van der Waals surface area contributed by atoms with Gasteiger partial charge in [-0.25, -0.2) is 23.1 Å². The van der Waals surface area contributed by atoms with Gasteiger partial charge in [-0.15, -0.1) is 0 Å². The Morgan fingerprint density at radius 1 is 1.18 bits per heavy atom. The number of halogens is 3. The number of rotatable bonds is 6. The first-order valence-corrected chi connectivity index (χ1v) is 10.7. The molecule has 1 fully saturated rings. The summed E-state index contributed by atoms with van der Waals surface area (Å²) >= 11 is 0. The molecule has 1 aliphatic heterocycles. The average molecular weight is 459 g/mol. The maximum absolute atomic E-state index is 14.6. The molecule has 2 aromatic heterocycles. The highest BCUT2D eigenvalue weighted by Crippen LogP contribution is 2.32. The van der Waals surface area contributed by atoms with Crippen molar-refractivity contribution in [3.05, 3.63) is 63.5 Å². The van der Waals surface area contributed by atoms with Crippen LogP contribution in [0.25, 0.3) is 11.0 Å². The highest BCUT2D eigenvalue weighted by molar-refractivity contribution is 5.87. The van der Waals surface area contributed by atoms with E-state index in [9.17, 15) is 22.8 Å². The molecule has 0 unspecified atom stereocenters. The molecule has 3 heterocycles. The lowest BCUT2D eigenvalue weighted by Crippen LogP contribution is -2.34. The van der Waals surface area contributed by atoms with Gasteiger partial charge in [-0.2, -0.15) is 0 Å². The van der Waals surface area contributed by atoms with Crippen LogP contribution in [0.2, 0.25) is 0 Å². The number of aryl methyl sites for hydroxylation is 1. The third-order valence-corrected chi connectivity index (χ3v) is 6.26. The van der Waals surface area contributed by atoms with E-state index in [1.54, 1.807) is 24.9 Å². The molecule has 1 aromatic carbocycles. The predicted octanol–water partition coefficient (Wildman–Crippen LogP) is 3.91. The number of aromatic nitrogens is 3. The van der Waals surface area contributed by atoms with E-state index in [1.165, 1.54) is 23.0 Å². The molecule has 0 radical (unpaired) electrons. The fraction of sp³-hybridized carbons (Fsp3) is 0.391. The van der Waals surface area contributed by atoms with Crippen molar-refractivity contribution in [1.29, 1.82) is 0 Å². The molecule has 33 heavy (non-hydrogen) atoms. The lowest BCUT2D eigenvalue weighted by atomic mass is 9.90. The van der Waals surface area contributed by atoms with Crippen LogP contribution in [0.1, 0.15) is 54.8 Å². The molecule has 1 saturated heterocycles. The average Bonchev–Trinajstić information content (AvgIpc) is 2.81. The van der Waals surface area contributed by atoms with Gasteiger partial charge >= 0.3 is 0 Å². The number of fused-ring (bicyclic) bond motifs is 1. The third-order valence-electron chi connectivity index (χ3n) is 6.26. The van der Waals surface area contributed by atoms with Crippen LogP contribution in [0.5, 0.6) is 0 Å². The van der Waals surface area contributed by atoms with Gasteiger partial charge in [-0.05, 0) is 31.7 Å². The van der Waals surface area contributed by atoms with E-state index in [0.29, 0.717) is 48.3 Å². The second kappa shape index (κ2) is 9.21. The molecule has 0 spiro atoms. The Morgan fingerprint density at radius 3 is 2.55 bits per heavy atom. The Balaban J connectivity index is 1.72. The lowest BCUT2D eigenvalue weighted by molar-refractivity contribution is -0.119. The smallest absolute Gasteiger partial charge is 0.266 e. The van der Waals surface area contributed by atoms with Crippen molar-refractivity contribution in [3.63, 3.8) is 0 Å². The van der Waals surface area contributed by atoms with Gasteiger partial charge in [-0.3, -0.25) is 14.2 Å². The third kappa shape index (κ3) is 4.29. The molecule has 7 nitrogen and oxygen atoms in total.